The van der Waals surface area contributed by atoms with Gasteiger partial charge in [-0.25, -0.2) is 4.79 Å². The maximum atomic E-state index is 12.5. The fourth-order valence-corrected chi connectivity index (χ4v) is 5.46. The molecule has 1 aromatic rings. The van der Waals surface area contributed by atoms with E-state index in [9.17, 15) is 15.2 Å². The molecule has 2 N–H and O–H groups in total. The highest BCUT2D eigenvalue weighted by molar-refractivity contribution is 5.83. The van der Waals surface area contributed by atoms with Gasteiger partial charge < -0.3 is 19.5 Å². The number of likely N-dealkylation sites (tertiary alicyclic amines) is 1. The van der Waals surface area contributed by atoms with Crippen LogP contribution in [0.25, 0.3) is 0 Å². The van der Waals surface area contributed by atoms with Gasteiger partial charge in [-0.1, -0.05) is 32.3 Å². The van der Waals surface area contributed by atoms with Crippen LogP contribution in [0.3, 0.4) is 0 Å². The lowest BCUT2D eigenvalue weighted by molar-refractivity contribution is -0.145. The highest BCUT2D eigenvalue weighted by atomic mass is 16.5. The number of hydrogen-bond donors (Lipinski definition) is 2. The summed E-state index contributed by atoms with van der Waals surface area (Å²) >= 11 is 0. The van der Waals surface area contributed by atoms with E-state index in [0.29, 0.717) is 24.7 Å². The van der Waals surface area contributed by atoms with Crippen LogP contribution in [0.2, 0.25) is 0 Å². The van der Waals surface area contributed by atoms with Crippen molar-refractivity contribution in [1.82, 2.24) is 10.2 Å². The van der Waals surface area contributed by atoms with Gasteiger partial charge in [-0.15, -0.1) is 0 Å². The Balaban J connectivity index is 1.85. The Bertz CT molecular complexity index is 833. The number of carbonyl (C=O) groups is 1. The first-order valence-corrected chi connectivity index (χ1v) is 12.4. The second-order valence-electron chi connectivity index (χ2n) is 9.47. The van der Waals surface area contributed by atoms with Crippen LogP contribution >= 0.6 is 0 Å². The molecular weight excluding hydrogens is 418 g/mol. The van der Waals surface area contributed by atoms with Crippen LogP contribution in [0.15, 0.2) is 18.2 Å². The number of nitriles is 1. The van der Waals surface area contributed by atoms with Crippen molar-refractivity contribution in [3.8, 4) is 17.6 Å². The zero-order valence-corrected chi connectivity index (χ0v) is 20.3. The molecule has 4 atom stereocenters. The number of carboxylic acids is 1. The predicted molar refractivity (Wildman–Crippen MR) is 128 cm³/mol. The minimum absolute atomic E-state index is 0.0961. The lowest BCUT2D eigenvalue weighted by atomic mass is 9.76. The number of benzene rings is 1. The van der Waals surface area contributed by atoms with E-state index in [1.165, 1.54) is 6.42 Å². The van der Waals surface area contributed by atoms with Crippen LogP contribution < -0.4 is 14.8 Å². The highest BCUT2D eigenvalue weighted by Crippen LogP contribution is 2.39. The van der Waals surface area contributed by atoms with Crippen LogP contribution in [0, 0.1) is 17.2 Å². The number of ether oxygens (including phenoxy) is 2. The standard InChI is InChI=1S/C26H39N3O4/c1-4-33-24-16-20(12-13-23(24)32-3)21-10-6-7-11-22(21)28-26(18-27,25(30)31)19(2)17-29-14-8-5-9-15-29/h12-13,16,19,21-22,28H,4-11,14-15,17H2,1-3H3,(H,30,31). The van der Waals surface area contributed by atoms with Crippen molar-refractivity contribution in [2.45, 2.75) is 76.3 Å². The third kappa shape index (κ3) is 5.80. The molecule has 3 rings (SSSR count). The summed E-state index contributed by atoms with van der Waals surface area (Å²) < 4.78 is 11.2. The fourth-order valence-electron chi connectivity index (χ4n) is 5.46. The van der Waals surface area contributed by atoms with E-state index in [-0.39, 0.29) is 17.9 Å². The van der Waals surface area contributed by atoms with Gasteiger partial charge in [0.15, 0.2) is 11.5 Å². The van der Waals surface area contributed by atoms with Crippen molar-refractivity contribution in [1.29, 1.82) is 5.26 Å². The van der Waals surface area contributed by atoms with Gasteiger partial charge in [0.1, 0.15) is 0 Å². The molecule has 0 bridgehead atoms. The number of nitrogens with zero attached hydrogens (tertiary/aromatic N) is 2. The van der Waals surface area contributed by atoms with Gasteiger partial charge in [0.2, 0.25) is 5.54 Å². The minimum Gasteiger partial charge on any atom is -0.493 e. The lowest BCUT2D eigenvalue weighted by Gasteiger charge is -2.41. The van der Waals surface area contributed by atoms with Crippen LogP contribution in [0.4, 0.5) is 0 Å². The summed E-state index contributed by atoms with van der Waals surface area (Å²) in [6, 6.07) is 8.06. The third-order valence-electron chi connectivity index (χ3n) is 7.33. The van der Waals surface area contributed by atoms with Crippen molar-refractivity contribution in [3.63, 3.8) is 0 Å². The Kier molecular flexibility index (Phi) is 8.99. The number of methoxy groups -OCH3 is 1. The van der Waals surface area contributed by atoms with Gasteiger partial charge in [0.25, 0.3) is 0 Å². The molecular formula is C26H39N3O4. The number of aliphatic carboxylic acids is 1. The first-order chi connectivity index (χ1) is 15.9. The summed E-state index contributed by atoms with van der Waals surface area (Å²) in [6.07, 6.45) is 7.37. The van der Waals surface area contributed by atoms with Gasteiger partial charge >= 0.3 is 5.97 Å². The molecule has 7 nitrogen and oxygen atoms in total. The number of nitrogens with one attached hydrogen (secondary N) is 1. The Morgan fingerprint density at radius 2 is 1.97 bits per heavy atom. The molecule has 2 aliphatic rings. The summed E-state index contributed by atoms with van der Waals surface area (Å²) in [5, 5.41) is 23.8. The minimum atomic E-state index is -1.62. The van der Waals surface area contributed by atoms with Gasteiger partial charge in [-0.05, 0) is 69.3 Å². The van der Waals surface area contributed by atoms with Crippen LogP contribution in [-0.4, -0.2) is 60.9 Å². The molecule has 2 fully saturated rings. The summed E-state index contributed by atoms with van der Waals surface area (Å²) in [5.41, 5.74) is -0.523. The zero-order chi connectivity index (χ0) is 23.8. The van der Waals surface area contributed by atoms with E-state index >= 15 is 0 Å². The summed E-state index contributed by atoms with van der Waals surface area (Å²) in [5.74, 6) is 0.0790. The van der Waals surface area contributed by atoms with Gasteiger partial charge in [0.05, 0.1) is 19.8 Å². The van der Waals surface area contributed by atoms with Crippen molar-refractivity contribution < 1.29 is 19.4 Å². The number of hydrogen-bond acceptors (Lipinski definition) is 6. The summed E-state index contributed by atoms with van der Waals surface area (Å²) in [6.45, 7) is 6.94. The molecule has 0 radical (unpaired) electrons. The monoisotopic (exact) mass is 457 g/mol. The topological polar surface area (TPSA) is 94.8 Å². The maximum absolute atomic E-state index is 12.5. The molecule has 7 heteroatoms. The Labute approximate surface area is 198 Å². The zero-order valence-electron chi connectivity index (χ0n) is 20.3. The summed E-state index contributed by atoms with van der Waals surface area (Å²) in [7, 11) is 1.63. The number of carboxylic acid groups (broad SMARTS) is 1. The Morgan fingerprint density at radius 3 is 2.61 bits per heavy atom. The fraction of sp³-hybridized carbons (Fsp3) is 0.692. The van der Waals surface area contributed by atoms with Crippen LogP contribution in [0.5, 0.6) is 11.5 Å². The quantitative estimate of drug-likeness (QED) is 0.544. The molecule has 182 valence electrons. The molecule has 1 saturated heterocycles. The lowest BCUT2D eigenvalue weighted by Crippen LogP contribution is -2.62. The number of rotatable bonds is 10. The largest absolute Gasteiger partial charge is 0.493 e. The first kappa shape index (κ1) is 25.3. The first-order valence-electron chi connectivity index (χ1n) is 12.4. The van der Waals surface area contributed by atoms with Crippen molar-refractivity contribution in [2.75, 3.05) is 33.4 Å². The Hall–Kier alpha value is -2.30. The molecule has 1 aliphatic heterocycles. The second kappa shape index (κ2) is 11.7. The predicted octanol–water partition coefficient (Wildman–Crippen LogP) is 4.18. The van der Waals surface area contributed by atoms with E-state index in [1.807, 2.05) is 32.0 Å². The van der Waals surface area contributed by atoms with Crippen LogP contribution in [-0.2, 0) is 4.79 Å². The SMILES string of the molecule is CCOc1cc(C2CCCCC2NC(C#N)(C(=O)O)C(C)CN2CCCCC2)ccc1OC. The molecule has 33 heavy (non-hydrogen) atoms. The number of piperidine rings is 1. The second-order valence-corrected chi connectivity index (χ2v) is 9.47. The van der Waals surface area contributed by atoms with Crippen LogP contribution in [0.1, 0.15) is 70.3 Å². The average molecular weight is 458 g/mol. The van der Waals surface area contributed by atoms with E-state index in [2.05, 4.69) is 16.3 Å². The van der Waals surface area contributed by atoms with Gasteiger partial charge in [-0.2, -0.15) is 5.26 Å². The van der Waals surface area contributed by atoms with Crippen molar-refractivity contribution in [3.05, 3.63) is 23.8 Å². The molecule has 0 spiro atoms. The molecule has 1 heterocycles. The normalized spacial score (nSPS) is 24.3. The molecule has 4 unspecified atom stereocenters. The van der Waals surface area contributed by atoms with Crippen molar-refractivity contribution in [2.24, 2.45) is 5.92 Å². The van der Waals surface area contributed by atoms with E-state index in [1.54, 1.807) is 7.11 Å². The highest BCUT2D eigenvalue weighted by Gasteiger charge is 2.48. The van der Waals surface area contributed by atoms with Crippen molar-refractivity contribution >= 4 is 5.97 Å². The average Bonchev–Trinajstić information content (AvgIpc) is 2.83. The molecule has 0 amide bonds. The molecule has 0 aromatic heterocycles. The van der Waals surface area contributed by atoms with Gasteiger partial charge in [0, 0.05) is 18.5 Å². The maximum Gasteiger partial charge on any atom is 0.339 e. The third-order valence-corrected chi connectivity index (χ3v) is 7.33. The van der Waals surface area contributed by atoms with E-state index in [0.717, 1.165) is 57.2 Å². The smallest absolute Gasteiger partial charge is 0.339 e. The van der Waals surface area contributed by atoms with Gasteiger partial charge in [-0.3, -0.25) is 5.32 Å². The molecule has 1 aliphatic carbocycles. The Morgan fingerprint density at radius 1 is 1.24 bits per heavy atom. The van der Waals surface area contributed by atoms with E-state index in [4.69, 9.17) is 9.47 Å². The molecule has 1 saturated carbocycles. The summed E-state index contributed by atoms with van der Waals surface area (Å²) in [4.78, 5) is 14.8. The molecule has 1 aromatic carbocycles. The van der Waals surface area contributed by atoms with E-state index < -0.39 is 11.5 Å².